The predicted molar refractivity (Wildman–Crippen MR) is 88.9 cm³/mol. The van der Waals surface area contributed by atoms with Crippen LogP contribution in [-0.4, -0.2) is 23.3 Å². The highest BCUT2D eigenvalue weighted by Gasteiger charge is 2.26. The van der Waals surface area contributed by atoms with Crippen molar-refractivity contribution >= 4 is 17.5 Å². The summed E-state index contributed by atoms with van der Waals surface area (Å²) in [6, 6.07) is 11.2. The Morgan fingerprint density at radius 3 is 2.35 bits per heavy atom. The van der Waals surface area contributed by atoms with Crippen LogP contribution in [0.25, 0.3) is 11.3 Å². The number of carbonyl (C=O) groups excluding carboxylic acids is 2. The van der Waals surface area contributed by atoms with Crippen molar-refractivity contribution in [3.63, 3.8) is 0 Å². The van der Waals surface area contributed by atoms with Crippen LogP contribution in [0.15, 0.2) is 42.6 Å². The van der Waals surface area contributed by atoms with Gasteiger partial charge in [0.2, 0.25) is 11.8 Å². The molecule has 2 amide bonds. The number of anilines is 1. The third-order valence-electron chi connectivity index (χ3n) is 4.04. The fourth-order valence-corrected chi connectivity index (χ4v) is 2.50. The normalized spacial score (nSPS) is 13.6. The maximum absolute atomic E-state index is 11.8. The highest BCUT2D eigenvalue weighted by Crippen LogP contribution is 2.32. The first-order valence-electron chi connectivity index (χ1n) is 7.69. The number of rotatable bonds is 5. The fraction of sp³-hybridized carbons (Fsp3) is 0.278. The van der Waals surface area contributed by atoms with Crippen LogP contribution in [0, 0.1) is 5.92 Å². The van der Waals surface area contributed by atoms with Crippen molar-refractivity contribution in [3.05, 3.63) is 48.2 Å². The maximum atomic E-state index is 11.8. The average Bonchev–Trinajstić information content (AvgIpc) is 3.37. The molecule has 0 atom stereocenters. The standard InChI is InChI=1S/C18H19N3O2/c1-12(22)21(11-13-2-3-13)16-7-4-14(5-8-16)17-9-6-15(10-20-17)18(19)23/h4-10,13H,2-3,11H2,1H3,(H2,19,23). The topological polar surface area (TPSA) is 76.3 Å². The molecule has 118 valence electrons. The lowest BCUT2D eigenvalue weighted by Crippen LogP contribution is -2.30. The van der Waals surface area contributed by atoms with Crippen LogP contribution in [-0.2, 0) is 4.79 Å². The van der Waals surface area contributed by atoms with Crippen LogP contribution in [0.1, 0.15) is 30.1 Å². The molecular weight excluding hydrogens is 290 g/mol. The Labute approximate surface area is 135 Å². The van der Waals surface area contributed by atoms with Gasteiger partial charge in [-0.15, -0.1) is 0 Å². The molecule has 1 aliphatic carbocycles. The molecule has 1 aromatic heterocycles. The Morgan fingerprint density at radius 2 is 1.87 bits per heavy atom. The number of amides is 2. The van der Waals surface area contributed by atoms with E-state index in [1.54, 1.807) is 19.1 Å². The zero-order chi connectivity index (χ0) is 16.4. The number of carbonyl (C=O) groups is 2. The van der Waals surface area contributed by atoms with Gasteiger partial charge in [-0.3, -0.25) is 14.6 Å². The van der Waals surface area contributed by atoms with E-state index in [4.69, 9.17) is 5.73 Å². The first kappa shape index (κ1) is 15.2. The van der Waals surface area contributed by atoms with Crippen molar-refractivity contribution in [2.75, 3.05) is 11.4 Å². The minimum atomic E-state index is -0.489. The number of hydrogen-bond acceptors (Lipinski definition) is 3. The van der Waals surface area contributed by atoms with E-state index >= 15 is 0 Å². The Bertz CT molecular complexity index is 719. The van der Waals surface area contributed by atoms with Crippen LogP contribution < -0.4 is 10.6 Å². The van der Waals surface area contributed by atoms with E-state index in [0.717, 1.165) is 23.5 Å². The van der Waals surface area contributed by atoms with Gasteiger partial charge in [0.05, 0.1) is 11.3 Å². The van der Waals surface area contributed by atoms with E-state index in [0.29, 0.717) is 11.5 Å². The number of nitrogens with two attached hydrogens (primary N) is 1. The van der Waals surface area contributed by atoms with Crippen LogP contribution in [0.2, 0.25) is 0 Å². The van der Waals surface area contributed by atoms with Crippen molar-refractivity contribution in [2.24, 2.45) is 11.7 Å². The quantitative estimate of drug-likeness (QED) is 0.922. The summed E-state index contributed by atoms with van der Waals surface area (Å²) in [4.78, 5) is 29.0. The molecule has 1 fully saturated rings. The highest BCUT2D eigenvalue weighted by atomic mass is 16.2. The minimum Gasteiger partial charge on any atom is -0.366 e. The monoisotopic (exact) mass is 309 g/mol. The van der Waals surface area contributed by atoms with E-state index in [-0.39, 0.29) is 5.91 Å². The lowest BCUT2D eigenvalue weighted by Gasteiger charge is -2.21. The number of primary amides is 1. The third-order valence-corrected chi connectivity index (χ3v) is 4.04. The van der Waals surface area contributed by atoms with Gasteiger partial charge in [-0.25, -0.2) is 0 Å². The van der Waals surface area contributed by atoms with Crippen molar-refractivity contribution in [1.82, 2.24) is 4.98 Å². The zero-order valence-corrected chi connectivity index (χ0v) is 13.0. The number of hydrogen-bond donors (Lipinski definition) is 1. The lowest BCUT2D eigenvalue weighted by atomic mass is 10.1. The molecule has 2 N–H and O–H groups in total. The summed E-state index contributed by atoms with van der Waals surface area (Å²) in [5.41, 5.74) is 8.20. The molecular formula is C18H19N3O2. The number of nitrogens with zero attached hydrogens (tertiary/aromatic N) is 2. The summed E-state index contributed by atoms with van der Waals surface area (Å²) in [5, 5.41) is 0. The second-order valence-corrected chi connectivity index (χ2v) is 5.92. The molecule has 0 aliphatic heterocycles. The summed E-state index contributed by atoms with van der Waals surface area (Å²) < 4.78 is 0. The molecule has 23 heavy (non-hydrogen) atoms. The Morgan fingerprint density at radius 1 is 1.17 bits per heavy atom. The number of aromatic nitrogens is 1. The molecule has 0 bridgehead atoms. The van der Waals surface area contributed by atoms with Gasteiger partial charge in [0.25, 0.3) is 0 Å². The molecule has 5 nitrogen and oxygen atoms in total. The van der Waals surface area contributed by atoms with E-state index in [2.05, 4.69) is 4.98 Å². The molecule has 0 spiro atoms. The third kappa shape index (κ3) is 3.56. The number of pyridine rings is 1. The molecule has 2 aromatic rings. The van der Waals surface area contributed by atoms with E-state index in [1.807, 2.05) is 29.2 Å². The van der Waals surface area contributed by atoms with Gasteiger partial charge < -0.3 is 10.6 Å². The van der Waals surface area contributed by atoms with E-state index in [1.165, 1.54) is 19.0 Å². The summed E-state index contributed by atoms with van der Waals surface area (Å²) in [5.74, 6) is 0.215. The highest BCUT2D eigenvalue weighted by molar-refractivity contribution is 5.93. The Hall–Kier alpha value is -2.69. The van der Waals surface area contributed by atoms with Gasteiger partial charge in [0, 0.05) is 30.9 Å². The smallest absolute Gasteiger partial charge is 0.250 e. The van der Waals surface area contributed by atoms with Crippen molar-refractivity contribution in [1.29, 1.82) is 0 Å². The largest absolute Gasteiger partial charge is 0.366 e. The summed E-state index contributed by atoms with van der Waals surface area (Å²) >= 11 is 0. The fourth-order valence-electron chi connectivity index (χ4n) is 2.50. The van der Waals surface area contributed by atoms with Gasteiger partial charge in [-0.05, 0) is 43.0 Å². The molecule has 1 aliphatic rings. The molecule has 0 radical (unpaired) electrons. The van der Waals surface area contributed by atoms with Crippen molar-refractivity contribution < 1.29 is 9.59 Å². The first-order valence-corrected chi connectivity index (χ1v) is 7.69. The van der Waals surface area contributed by atoms with Gasteiger partial charge in [0.15, 0.2) is 0 Å². The van der Waals surface area contributed by atoms with Crippen LogP contribution >= 0.6 is 0 Å². The molecule has 5 heteroatoms. The SMILES string of the molecule is CC(=O)N(CC1CC1)c1ccc(-c2ccc(C(N)=O)cn2)cc1. The molecule has 1 saturated carbocycles. The van der Waals surface area contributed by atoms with Gasteiger partial charge in [0.1, 0.15) is 0 Å². The molecule has 0 unspecified atom stereocenters. The van der Waals surface area contributed by atoms with Crippen molar-refractivity contribution in [2.45, 2.75) is 19.8 Å². The Balaban J connectivity index is 1.80. The molecule has 1 aromatic carbocycles. The van der Waals surface area contributed by atoms with Crippen LogP contribution in [0.4, 0.5) is 5.69 Å². The summed E-state index contributed by atoms with van der Waals surface area (Å²) in [7, 11) is 0. The van der Waals surface area contributed by atoms with Crippen LogP contribution in [0.5, 0.6) is 0 Å². The van der Waals surface area contributed by atoms with Crippen LogP contribution in [0.3, 0.4) is 0 Å². The second kappa shape index (κ2) is 6.20. The van der Waals surface area contributed by atoms with Gasteiger partial charge in [-0.2, -0.15) is 0 Å². The van der Waals surface area contributed by atoms with Gasteiger partial charge in [-0.1, -0.05) is 12.1 Å². The lowest BCUT2D eigenvalue weighted by molar-refractivity contribution is -0.116. The first-order chi connectivity index (χ1) is 11.0. The second-order valence-electron chi connectivity index (χ2n) is 5.92. The Kier molecular flexibility index (Phi) is 4.10. The summed E-state index contributed by atoms with van der Waals surface area (Å²) in [6.45, 7) is 2.39. The van der Waals surface area contributed by atoms with E-state index in [9.17, 15) is 9.59 Å². The maximum Gasteiger partial charge on any atom is 0.250 e. The summed E-state index contributed by atoms with van der Waals surface area (Å²) in [6.07, 6.45) is 3.89. The van der Waals surface area contributed by atoms with E-state index < -0.39 is 5.91 Å². The molecule has 3 rings (SSSR count). The minimum absolute atomic E-state index is 0.0635. The molecule has 1 heterocycles. The van der Waals surface area contributed by atoms with Gasteiger partial charge >= 0.3 is 0 Å². The predicted octanol–water partition coefficient (Wildman–Crippen LogP) is 2.61. The van der Waals surface area contributed by atoms with Crippen molar-refractivity contribution in [3.8, 4) is 11.3 Å². The zero-order valence-electron chi connectivity index (χ0n) is 13.0. The number of benzene rings is 1. The average molecular weight is 309 g/mol. The molecule has 0 saturated heterocycles.